The Hall–Kier alpha value is -3.14. The molecule has 2 aromatic rings. The molecule has 0 saturated carbocycles. The van der Waals surface area contributed by atoms with Crippen LogP contribution in [0, 0.1) is 5.82 Å². The predicted molar refractivity (Wildman–Crippen MR) is 134 cm³/mol. The van der Waals surface area contributed by atoms with E-state index in [2.05, 4.69) is 5.32 Å². The fourth-order valence-corrected chi connectivity index (χ4v) is 4.40. The standard InChI is InChI=1S/C25H34FN3O5S/c1-7-21(24(31)27-25(2,3)4)28(16-18-12-14-19(34-5)15-13-18)23(30)17-29(35(6,32)33)22-11-9-8-10-20(22)26/h8-15,21H,7,16-17H2,1-6H3,(H,27,31)/t21-/m0/s1. The van der Waals surface area contributed by atoms with Crippen molar-refractivity contribution in [1.29, 1.82) is 0 Å². The van der Waals surface area contributed by atoms with Crippen LogP contribution >= 0.6 is 0 Å². The zero-order valence-electron chi connectivity index (χ0n) is 21.0. The lowest BCUT2D eigenvalue weighted by Gasteiger charge is -2.34. The average Bonchev–Trinajstić information content (AvgIpc) is 2.76. The van der Waals surface area contributed by atoms with Gasteiger partial charge >= 0.3 is 0 Å². The van der Waals surface area contributed by atoms with Gasteiger partial charge in [0.1, 0.15) is 24.2 Å². The second-order valence-electron chi connectivity index (χ2n) is 9.25. The van der Waals surface area contributed by atoms with Gasteiger partial charge in [-0.3, -0.25) is 13.9 Å². The summed E-state index contributed by atoms with van der Waals surface area (Å²) in [5.74, 6) is -1.14. The van der Waals surface area contributed by atoms with E-state index in [1.165, 1.54) is 30.2 Å². The lowest BCUT2D eigenvalue weighted by Crippen LogP contribution is -2.55. The molecule has 0 fully saturated rings. The van der Waals surface area contributed by atoms with Crippen LogP contribution in [0.5, 0.6) is 5.75 Å². The Balaban J connectivity index is 2.46. The highest BCUT2D eigenvalue weighted by molar-refractivity contribution is 7.92. The first-order valence-electron chi connectivity index (χ1n) is 11.2. The fraction of sp³-hybridized carbons (Fsp3) is 0.440. The molecule has 1 N–H and O–H groups in total. The number of nitrogens with zero attached hydrogens (tertiary/aromatic N) is 2. The van der Waals surface area contributed by atoms with Crippen LogP contribution in [0.1, 0.15) is 39.7 Å². The van der Waals surface area contributed by atoms with E-state index in [4.69, 9.17) is 4.74 Å². The molecule has 0 unspecified atom stereocenters. The molecule has 8 nitrogen and oxygen atoms in total. The molecule has 35 heavy (non-hydrogen) atoms. The Morgan fingerprint density at radius 3 is 2.17 bits per heavy atom. The van der Waals surface area contributed by atoms with Crippen LogP contribution in [-0.2, 0) is 26.2 Å². The number of hydrogen-bond acceptors (Lipinski definition) is 5. The first kappa shape index (κ1) is 28.1. The SMILES string of the molecule is CC[C@@H](C(=O)NC(C)(C)C)N(Cc1ccc(OC)cc1)C(=O)CN(c1ccccc1F)S(C)(=O)=O. The van der Waals surface area contributed by atoms with Crippen LogP contribution < -0.4 is 14.4 Å². The van der Waals surface area contributed by atoms with E-state index in [0.717, 1.165) is 22.2 Å². The van der Waals surface area contributed by atoms with Crippen LogP contribution in [0.3, 0.4) is 0 Å². The first-order valence-corrected chi connectivity index (χ1v) is 13.1. The highest BCUT2D eigenvalue weighted by atomic mass is 32.2. The number of hydrogen-bond donors (Lipinski definition) is 1. The third-order valence-electron chi connectivity index (χ3n) is 5.20. The second kappa shape index (κ2) is 11.5. The van der Waals surface area contributed by atoms with Gasteiger partial charge in [-0.2, -0.15) is 0 Å². The van der Waals surface area contributed by atoms with Crippen molar-refractivity contribution in [3.63, 3.8) is 0 Å². The zero-order chi connectivity index (χ0) is 26.4. The molecule has 0 heterocycles. The van der Waals surface area contributed by atoms with Crippen LogP contribution in [0.2, 0.25) is 0 Å². The molecule has 2 amide bonds. The number of anilines is 1. The van der Waals surface area contributed by atoms with E-state index in [9.17, 15) is 22.4 Å². The van der Waals surface area contributed by atoms with Gasteiger partial charge in [0.15, 0.2) is 0 Å². The number of methoxy groups -OCH3 is 1. The molecule has 2 rings (SSSR count). The molecule has 0 spiro atoms. The quantitative estimate of drug-likeness (QED) is 0.532. The monoisotopic (exact) mass is 507 g/mol. The Kier molecular flexibility index (Phi) is 9.25. The summed E-state index contributed by atoms with van der Waals surface area (Å²) in [4.78, 5) is 28.0. The summed E-state index contributed by atoms with van der Waals surface area (Å²) in [6.45, 7) is 6.65. The van der Waals surface area contributed by atoms with Crippen LogP contribution in [0.25, 0.3) is 0 Å². The summed E-state index contributed by atoms with van der Waals surface area (Å²) in [6.07, 6.45) is 1.20. The van der Waals surface area contributed by atoms with Gasteiger partial charge in [-0.05, 0) is 57.0 Å². The zero-order valence-corrected chi connectivity index (χ0v) is 21.9. The Bertz CT molecular complexity index is 1130. The number of carbonyl (C=O) groups is 2. The maximum absolute atomic E-state index is 14.5. The summed E-state index contributed by atoms with van der Waals surface area (Å²) >= 11 is 0. The van der Waals surface area contributed by atoms with Crippen molar-refractivity contribution in [2.24, 2.45) is 0 Å². The van der Waals surface area contributed by atoms with Gasteiger partial charge in [0.05, 0.1) is 19.1 Å². The molecular formula is C25H34FN3O5S. The van der Waals surface area contributed by atoms with Crippen LogP contribution in [0.4, 0.5) is 10.1 Å². The van der Waals surface area contributed by atoms with Crippen molar-refractivity contribution in [2.75, 3.05) is 24.2 Å². The molecule has 0 radical (unpaired) electrons. The van der Waals surface area contributed by atoms with Gasteiger partial charge in [-0.1, -0.05) is 31.2 Å². The lowest BCUT2D eigenvalue weighted by molar-refractivity contribution is -0.141. The van der Waals surface area contributed by atoms with Gasteiger partial charge in [0.2, 0.25) is 21.8 Å². The summed E-state index contributed by atoms with van der Waals surface area (Å²) in [7, 11) is -2.46. The number of sulfonamides is 1. The first-order chi connectivity index (χ1) is 16.3. The van der Waals surface area contributed by atoms with E-state index >= 15 is 0 Å². The number of carbonyl (C=O) groups excluding carboxylic acids is 2. The van der Waals surface area contributed by atoms with Gasteiger partial charge in [0.25, 0.3) is 0 Å². The summed E-state index contributed by atoms with van der Waals surface area (Å²) in [5, 5.41) is 2.89. The maximum Gasteiger partial charge on any atom is 0.244 e. The molecule has 0 bridgehead atoms. The summed E-state index contributed by atoms with van der Waals surface area (Å²) < 4.78 is 45.4. The van der Waals surface area contributed by atoms with E-state index in [0.29, 0.717) is 12.2 Å². The molecule has 10 heteroatoms. The minimum atomic E-state index is -4.00. The van der Waals surface area contributed by atoms with Crippen LogP contribution in [0.15, 0.2) is 48.5 Å². The van der Waals surface area contributed by atoms with E-state index < -0.39 is 39.9 Å². The largest absolute Gasteiger partial charge is 0.497 e. The third kappa shape index (κ3) is 7.95. The smallest absolute Gasteiger partial charge is 0.244 e. The van der Waals surface area contributed by atoms with Crippen molar-refractivity contribution in [2.45, 2.75) is 52.2 Å². The number of amides is 2. The number of rotatable bonds is 10. The number of para-hydroxylation sites is 1. The van der Waals surface area contributed by atoms with Crippen molar-refractivity contribution in [1.82, 2.24) is 10.2 Å². The van der Waals surface area contributed by atoms with Crippen molar-refractivity contribution in [3.05, 3.63) is 59.9 Å². The molecule has 192 valence electrons. The third-order valence-corrected chi connectivity index (χ3v) is 6.32. The summed E-state index contributed by atoms with van der Waals surface area (Å²) in [6, 6.07) is 11.5. The van der Waals surface area contributed by atoms with Gasteiger partial charge in [-0.15, -0.1) is 0 Å². The Labute approximate surface area is 207 Å². The fourth-order valence-electron chi connectivity index (χ4n) is 3.55. The number of halogens is 1. The molecule has 0 aromatic heterocycles. The van der Waals surface area contributed by atoms with Crippen molar-refractivity contribution in [3.8, 4) is 5.75 Å². The molecular weight excluding hydrogens is 473 g/mol. The highest BCUT2D eigenvalue weighted by Gasteiger charge is 2.33. The van der Waals surface area contributed by atoms with E-state index in [-0.39, 0.29) is 18.1 Å². The van der Waals surface area contributed by atoms with Crippen LogP contribution in [-0.4, -0.2) is 56.6 Å². The lowest BCUT2D eigenvalue weighted by atomic mass is 10.1. The molecule has 0 aliphatic carbocycles. The van der Waals surface area contributed by atoms with Crippen molar-refractivity contribution < 1.29 is 27.1 Å². The topological polar surface area (TPSA) is 96.0 Å². The minimum absolute atomic E-state index is 0.0494. The summed E-state index contributed by atoms with van der Waals surface area (Å²) in [5.41, 5.74) is -0.0523. The molecule has 2 aromatic carbocycles. The molecule has 0 aliphatic heterocycles. The van der Waals surface area contributed by atoms with E-state index in [1.54, 1.807) is 31.2 Å². The normalized spacial score (nSPS) is 12.5. The Morgan fingerprint density at radius 1 is 1.09 bits per heavy atom. The minimum Gasteiger partial charge on any atom is -0.497 e. The molecule has 0 aliphatic rings. The van der Waals surface area contributed by atoms with Gasteiger partial charge < -0.3 is 15.0 Å². The maximum atomic E-state index is 14.5. The highest BCUT2D eigenvalue weighted by Crippen LogP contribution is 2.23. The second-order valence-corrected chi connectivity index (χ2v) is 11.2. The number of nitrogens with one attached hydrogen (secondary N) is 1. The molecule has 0 saturated heterocycles. The van der Waals surface area contributed by atoms with Gasteiger partial charge in [-0.25, -0.2) is 12.8 Å². The average molecular weight is 508 g/mol. The number of ether oxygens (including phenoxy) is 1. The Morgan fingerprint density at radius 2 is 1.69 bits per heavy atom. The number of benzene rings is 2. The predicted octanol–water partition coefficient (Wildman–Crippen LogP) is 3.32. The van der Waals surface area contributed by atoms with Gasteiger partial charge in [0, 0.05) is 12.1 Å². The molecule has 1 atom stereocenters. The van der Waals surface area contributed by atoms with E-state index in [1.807, 2.05) is 20.8 Å². The van der Waals surface area contributed by atoms with Crippen molar-refractivity contribution >= 4 is 27.5 Å².